The van der Waals surface area contributed by atoms with Crippen LogP contribution in [0.25, 0.3) is 0 Å². The Morgan fingerprint density at radius 1 is 1.38 bits per heavy atom. The minimum atomic E-state index is -3.18. The number of rotatable bonds is 7. The Balaban J connectivity index is 2.91. The standard InChI is InChI=1S/C13H24N2O5S/c1-9(2)5-10(6-14)13(18)15(7-12(16)17)11-3-4-21(19,20)8-11/h9-11H,3-8,14H2,1-2H3,(H,16,17). The average molecular weight is 320 g/mol. The molecule has 0 aromatic heterocycles. The summed E-state index contributed by atoms with van der Waals surface area (Å²) in [5.74, 6) is -1.87. The maximum atomic E-state index is 12.5. The van der Waals surface area contributed by atoms with Gasteiger partial charge in [-0.3, -0.25) is 9.59 Å². The molecule has 0 aromatic rings. The molecular formula is C13H24N2O5S. The zero-order valence-corrected chi connectivity index (χ0v) is 13.3. The lowest BCUT2D eigenvalue weighted by Gasteiger charge is -2.30. The van der Waals surface area contributed by atoms with Crippen LogP contribution in [-0.4, -0.2) is 60.9 Å². The van der Waals surface area contributed by atoms with E-state index in [4.69, 9.17) is 10.8 Å². The van der Waals surface area contributed by atoms with E-state index in [1.54, 1.807) is 0 Å². The third kappa shape index (κ3) is 5.28. The second kappa shape index (κ2) is 7.22. The summed E-state index contributed by atoms with van der Waals surface area (Å²) in [7, 11) is -3.18. The van der Waals surface area contributed by atoms with Crippen molar-refractivity contribution < 1.29 is 23.1 Å². The lowest BCUT2D eigenvalue weighted by molar-refractivity contribution is -0.148. The Morgan fingerprint density at radius 3 is 2.38 bits per heavy atom. The third-order valence-electron chi connectivity index (χ3n) is 3.63. The van der Waals surface area contributed by atoms with E-state index < -0.39 is 34.3 Å². The maximum Gasteiger partial charge on any atom is 0.323 e. The van der Waals surface area contributed by atoms with Gasteiger partial charge in [-0.15, -0.1) is 0 Å². The number of hydrogen-bond acceptors (Lipinski definition) is 5. The van der Waals surface area contributed by atoms with Gasteiger partial charge in [0.15, 0.2) is 9.84 Å². The molecule has 1 amide bonds. The van der Waals surface area contributed by atoms with Crippen molar-refractivity contribution in [2.75, 3.05) is 24.6 Å². The molecule has 122 valence electrons. The molecule has 1 aliphatic rings. The molecule has 1 rings (SSSR count). The van der Waals surface area contributed by atoms with Crippen molar-refractivity contribution in [3.63, 3.8) is 0 Å². The van der Waals surface area contributed by atoms with Crippen LogP contribution in [0.1, 0.15) is 26.7 Å². The number of carboxylic acid groups (broad SMARTS) is 1. The summed E-state index contributed by atoms with van der Waals surface area (Å²) in [6, 6.07) is -0.556. The number of carbonyl (C=O) groups is 2. The summed E-state index contributed by atoms with van der Waals surface area (Å²) >= 11 is 0. The highest BCUT2D eigenvalue weighted by Crippen LogP contribution is 2.22. The van der Waals surface area contributed by atoms with Gasteiger partial charge in [-0.2, -0.15) is 0 Å². The second-order valence-corrected chi connectivity index (χ2v) is 8.21. The number of nitrogens with zero attached hydrogens (tertiary/aromatic N) is 1. The highest BCUT2D eigenvalue weighted by Gasteiger charge is 2.37. The number of nitrogens with two attached hydrogens (primary N) is 1. The molecule has 0 spiro atoms. The Hall–Kier alpha value is -1.15. The largest absolute Gasteiger partial charge is 0.480 e. The number of aliphatic carboxylic acids is 1. The summed E-state index contributed by atoms with van der Waals surface area (Å²) in [6.45, 7) is 3.56. The van der Waals surface area contributed by atoms with Crippen LogP contribution in [0.4, 0.5) is 0 Å². The van der Waals surface area contributed by atoms with Crippen LogP contribution in [0.5, 0.6) is 0 Å². The third-order valence-corrected chi connectivity index (χ3v) is 5.38. The van der Waals surface area contributed by atoms with Crippen LogP contribution in [0.15, 0.2) is 0 Å². The van der Waals surface area contributed by atoms with Crippen molar-refractivity contribution >= 4 is 21.7 Å². The Labute approximate surface area is 125 Å². The first kappa shape index (κ1) is 17.9. The van der Waals surface area contributed by atoms with Crippen LogP contribution < -0.4 is 5.73 Å². The molecule has 0 radical (unpaired) electrons. The van der Waals surface area contributed by atoms with E-state index in [0.29, 0.717) is 12.8 Å². The van der Waals surface area contributed by atoms with Gasteiger partial charge in [0.25, 0.3) is 0 Å². The fraction of sp³-hybridized carbons (Fsp3) is 0.846. The molecule has 3 N–H and O–H groups in total. The van der Waals surface area contributed by atoms with Crippen LogP contribution >= 0.6 is 0 Å². The molecule has 0 aromatic carbocycles. The molecular weight excluding hydrogens is 296 g/mol. The number of hydrogen-bond donors (Lipinski definition) is 2. The van der Waals surface area contributed by atoms with Gasteiger partial charge >= 0.3 is 5.97 Å². The van der Waals surface area contributed by atoms with Crippen molar-refractivity contribution in [3.8, 4) is 0 Å². The van der Waals surface area contributed by atoms with Gasteiger partial charge in [0.1, 0.15) is 6.54 Å². The van der Waals surface area contributed by atoms with Gasteiger partial charge in [0.05, 0.1) is 17.4 Å². The van der Waals surface area contributed by atoms with E-state index in [0.717, 1.165) is 0 Å². The van der Waals surface area contributed by atoms with Gasteiger partial charge < -0.3 is 15.7 Å². The summed E-state index contributed by atoms with van der Waals surface area (Å²) < 4.78 is 23.1. The molecule has 0 saturated carbocycles. The topological polar surface area (TPSA) is 118 Å². The first-order valence-corrected chi connectivity index (χ1v) is 8.91. The zero-order valence-electron chi connectivity index (χ0n) is 12.5. The molecule has 2 unspecified atom stereocenters. The average Bonchev–Trinajstić information content (AvgIpc) is 2.72. The maximum absolute atomic E-state index is 12.5. The Kier molecular flexibility index (Phi) is 6.15. The predicted molar refractivity (Wildman–Crippen MR) is 78.4 cm³/mol. The molecule has 21 heavy (non-hydrogen) atoms. The lowest BCUT2D eigenvalue weighted by Crippen LogP contribution is -2.48. The first-order chi connectivity index (χ1) is 9.66. The Morgan fingerprint density at radius 2 is 2.00 bits per heavy atom. The molecule has 1 saturated heterocycles. The van der Waals surface area contributed by atoms with Gasteiger partial charge in [0, 0.05) is 12.6 Å². The number of sulfone groups is 1. The smallest absolute Gasteiger partial charge is 0.323 e. The van der Waals surface area contributed by atoms with Crippen LogP contribution in [-0.2, 0) is 19.4 Å². The number of carboxylic acids is 1. The van der Waals surface area contributed by atoms with E-state index in [1.165, 1.54) is 4.90 Å². The monoisotopic (exact) mass is 320 g/mol. The van der Waals surface area contributed by atoms with Crippen LogP contribution in [0.3, 0.4) is 0 Å². The van der Waals surface area contributed by atoms with Crippen LogP contribution in [0.2, 0.25) is 0 Å². The molecule has 0 bridgehead atoms. The van der Waals surface area contributed by atoms with Crippen molar-refractivity contribution in [1.82, 2.24) is 4.90 Å². The summed E-state index contributed by atoms with van der Waals surface area (Å²) in [4.78, 5) is 24.7. The van der Waals surface area contributed by atoms with E-state index >= 15 is 0 Å². The molecule has 8 heteroatoms. The molecule has 1 aliphatic heterocycles. The lowest BCUT2D eigenvalue weighted by atomic mass is 9.95. The first-order valence-electron chi connectivity index (χ1n) is 7.09. The van der Waals surface area contributed by atoms with E-state index in [1.807, 2.05) is 13.8 Å². The highest BCUT2D eigenvalue weighted by atomic mass is 32.2. The predicted octanol–water partition coefficient (Wildman–Crippen LogP) is -0.292. The number of amides is 1. The fourth-order valence-corrected chi connectivity index (χ4v) is 4.39. The van der Waals surface area contributed by atoms with E-state index in [2.05, 4.69) is 0 Å². The minimum absolute atomic E-state index is 0.00145. The Bertz CT molecular complexity index is 489. The quantitative estimate of drug-likeness (QED) is 0.665. The molecule has 2 atom stereocenters. The highest BCUT2D eigenvalue weighted by molar-refractivity contribution is 7.91. The summed E-state index contributed by atoms with van der Waals surface area (Å²) in [5, 5.41) is 8.99. The van der Waals surface area contributed by atoms with Crippen molar-refractivity contribution in [1.29, 1.82) is 0 Å². The molecule has 1 fully saturated rings. The SMILES string of the molecule is CC(C)CC(CN)C(=O)N(CC(=O)O)C1CCS(=O)(=O)C1. The molecule has 0 aliphatic carbocycles. The van der Waals surface area contributed by atoms with Crippen molar-refractivity contribution in [3.05, 3.63) is 0 Å². The summed E-state index contributed by atoms with van der Waals surface area (Å²) in [5.41, 5.74) is 5.63. The van der Waals surface area contributed by atoms with Crippen molar-refractivity contribution in [2.45, 2.75) is 32.7 Å². The van der Waals surface area contributed by atoms with Gasteiger partial charge in [0.2, 0.25) is 5.91 Å². The van der Waals surface area contributed by atoms with Gasteiger partial charge in [-0.05, 0) is 18.8 Å². The number of carbonyl (C=O) groups excluding carboxylic acids is 1. The van der Waals surface area contributed by atoms with E-state index in [9.17, 15) is 18.0 Å². The minimum Gasteiger partial charge on any atom is -0.480 e. The normalized spacial score (nSPS) is 22.2. The summed E-state index contributed by atoms with van der Waals surface area (Å²) in [6.07, 6.45) is 0.852. The second-order valence-electron chi connectivity index (χ2n) is 5.98. The zero-order chi connectivity index (χ0) is 16.2. The van der Waals surface area contributed by atoms with Crippen molar-refractivity contribution in [2.24, 2.45) is 17.6 Å². The molecule has 1 heterocycles. The fourth-order valence-electron chi connectivity index (χ4n) is 2.66. The van der Waals surface area contributed by atoms with E-state index in [-0.39, 0.29) is 29.9 Å². The van der Waals surface area contributed by atoms with Gasteiger partial charge in [-0.1, -0.05) is 13.8 Å². The van der Waals surface area contributed by atoms with Crippen LogP contribution in [0, 0.1) is 11.8 Å². The molecule has 7 nitrogen and oxygen atoms in total. The van der Waals surface area contributed by atoms with Gasteiger partial charge in [-0.25, -0.2) is 8.42 Å².